The number of carbonyl (C=O) groups is 4. The Morgan fingerprint density at radius 1 is 0.333 bits per heavy atom. The van der Waals surface area contributed by atoms with Gasteiger partial charge in [0.15, 0.2) is 0 Å². The van der Waals surface area contributed by atoms with E-state index in [2.05, 4.69) is 57.3 Å². The molecule has 8 bridgehead atoms. The van der Waals surface area contributed by atoms with E-state index in [9.17, 15) is 19.2 Å². The highest BCUT2D eigenvalue weighted by atomic mass is 16.4. The molecule has 0 atom stereocenters. The van der Waals surface area contributed by atoms with Gasteiger partial charge in [0.2, 0.25) is 0 Å². The zero-order valence-corrected chi connectivity index (χ0v) is 38.0. The summed E-state index contributed by atoms with van der Waals surface area (Å²) in [4.78, 5) is 62.6. The molecule has 0 saturated heterocycles. The predicted octanol–water partition coefficient (Wildman–Crippen LogP) is 9.85. The Kier molecular flexibility index (Phi) is 13.5. The number of rotatable bonds is 8. The lowest BCUT2D eigenvalue weighted by atomic mass is 10.0. The average molecular weight is 943 g/mol. The zero-order valence-electron chi connectivity index (χ0n) is 38.0. The molecule has 3 aromatic heterocycles. The highest BCUT2D eigenvalue weighted by Gasteiger charge is 2.19. The number of carboxylic acid groups (broad SMARTS) is 4. The fraction of sp³-hybridized carbons (Fsp3) is 0.0667. The van der Waals surface area contributed by atoms with E-state index in [4.69, 9.17) is 30.4 Å². The fourth-order valence-corrected chi connectivity index (χ4v) is 8.46. The van der Waals surface area contributed by atoms with Crippen molar-refractivity contribution in [2.75, 3.05) is 0 Å². The molecule has 4 aromatic carbocycles. The first-order chi connectivity index (χ1) is 34.9. The summed E-state index contributed by atoms with van der Waals surface area (Å²) in [6.45, 7) is 0. The summed E-state index contributed by atoms with van der Waals surface area (Å²) < 4.78 is 0. The van der Waals surface area contributed by atoms with Gasteiger partial charge in [0.05, 0.1) is 22.8 Å². The van der Waals surface area contributed by atoms with Crippen LogP contribution >= 0.6 is 0 Å². The first-order valence-corrected chi connectivity index (χ1v) is 22.4. The molecule has 7 aromatic rings. The number of nitrogens with zero attached hydrogens (tertiary/aromatic N) is 2. The molecule has 12 heteroatoms. The summed E-state index contributed by atoms with van der Waals surface area (Å²) in [6, 6.07) is 39.0. The van der Waals surface area contributed by atoms with Crippen LogP contribution in [0.1, 0.15) is 45.0 Å². The molecule has 2 aliphatic heterocycles. The van der Waals surface area contributed by atoms with Crippen molar-refractivity contribution in [2.45, 2.75) is 25.7 Å². The van der Waals surface area contributed by atoms with Gasteiger partial charge >= 0.3 is 23.9 Å². The predicted molar refractivity (Wildman–Crippen MR) is 277 cm³/mol. The van der Waals surface area contributed by atoms with Gasteiger partial charge in [-0.25, -0.2) is 29.1 Å². The Morgan fingerprint density at radius 2 is 0.542 bits per heavy atom. The number of fused-ring (bicyclic) bond motifs is 8. The van der Waals surface area contributed by atoms with Gasteiger partial charge in [-0.15, -0.1) is 0 Å². The van der Waals surface area contributed by atoms with E-state index < -0.39 is 23.9 Å². The number of aliphatic carboxylic acids is 4. The molecule has 0 spiro atoms. The second kappa shape index (κ2) is 20.9. The minimum Gasteiger partial charge on any atom is -0.472 e. The van der Waals surface area contributed by atoms with Crippen molar-refractivity contribution < 1.29 is 39.6 Å². The van der Waals surface area contributed by atoms with Gasteiger partial charge in [0.1, 0.15) is 0 Å². The fourth-order valence-electron chi connectivity index (χ4n) is 8.46. The van der Waals surface area contributed by atoms with E-state index in [1.165, 1.54) is 0 Å². The normalized spacial score (nSPS) is 10.9. The van der Waals surface area contributed by atoms with E-state index in [-0.39, 0.29) is 25.7 Å². The Balaban J connectivity index is 1.33. The van der Waals surface area contributed by atoms with Crippen LogP contribution in [0, 0.1) is 47.4 Å². The summed E-state index contributed by atoms with van der Waals surface area (Å²) in [5.74, 6) is 14.7. The molecule has 9 rings (SSSR count). The molecule has 346 valence electrons. The van der Waals surface area contributed by atoms with Gasteiger partial charge in [-0.1, -0.05) is 121 Å². The number of aromatic amines is 2. The monoisotopic (exact) mass is 942 g/mol. The van der Waals surface area contributed by atoms with Gasteiger partial charge in [0, 0.05) is 93.7 Å². The lowest BCUT2D eigenvalue weighted by molar-refractivity contribution is -0.131. The second-order valence-electron chi connectivity index (χ2n) is 16.4. The quantitative estimate of drug-likeness (QED) is 0.0795. The average Bonchev–Trinajstić information content (AvgIpc) is 4.22. The standard InChI is InChI=1S/C60H38N4O8/c65-53(66)9-1-5-37-13-21-41(22-14-37)57-45-29-31-47(61-45)58(42-23-15-38(16-24-42)6-2-10-54(67)68)49-33-35-51(63-49)60(44-27-19-40(20-28-44)8-4-12-56(71)72)52-36-34-50(64-52)59(48-32-30-46(57)62-48)43-25-17-39(18-26-43)7-3-11-55(69)70/h13-36,61,64H,5-8H2,(H,65,66)(H,67,68)(H,69,70)(H,71,72). The molecule has 2 aliphatic rings. The molecule has 0 amide bonds. The summed E-state index contributed by atoms with van der Waals surface area (Å²) in [6.07, 6.45) is 8.88. The van der Waals surface area contributed by atoms with Gasteiger partial charge < -0.3 is 30.4 Å². The van der Waals surface area contributed by atoms with Crippen molar-refractivity contribution in [3.8, 4) is 91.9 Å². The number of H-pyrrole nitrogens is 2. The Hall–Kier alpha value is -10.4. The zero-order chi connectivity index (χ0) is 50.1. The first-order valence-electron chi connectivity index (χ1n) is 22.4. The summed E-state index contributed by atoms with van der Waals surface area (Å²) in [5.41, 5.74) is 15.5. The molecule has 0 saturated carbocycles. The number of nitrogens with one attached hydrogen (secondary N) is 2. The van der Waals surface area contributed by atoms with E-state index in [1.54, 1.807) is 0 Å². The number of aromatic nitrogens is 4. The van der Waals surface area contributed by atoms with Crippen molar-refractivity contribution in [1.82, 2.24) is 19.9 Å². The third-order valence-electron chi connectivity index (χ3n) is 11.7. The van der Waals surface area contributed by atoms with Crippen molar-refractivity contribution in [1.29, 1.82) is 0 Å². The van der Waals surface area contributed by atoms with Crippen molar-refractivity contribution >= 4 is 70.2 Å². The van der Waals surface area contributed by atoms with Crippen LogP contribution in [0.5, 0.6) is 0 Å². The lowest BCUT2D eigenvalue weighted by Crippen LogP contribution is -1.91. The van der Waals surface area contributed by atoms with Gasteiger partial charge in [0.25, 0.3) is 0 Å². The van der Waals surface area contributed by atoms with E-state index >= 15 is 0 Å². The molecule has 0 radical (unpaired) electrons. The largest absolute Gasteiger partial charge is 0.472 e. The Labute approximate surface area is 412 Å². The summed E-state index contributed by atoms with van der Waals surface area (Å²) >= 11 is 0. The van der Waals surface area contributed by atoms with Crippen molar-refractivity contribution in [2.24, 2.45) is 0 Å². The molecule has 12 nitrogen and oxygen atoms in total. The Bertz CT molecular complexity index is 3370. The maximum Gasteiger partial charge on any atom is 0.381 e. The summed E-state index contributed by atoms with van der Waals surface area (Å²) in [7, 11) is 0. The number of carboxylic acids is 4. The van der Waals surface area contributed by atoms with Crippen molar-refractivity contribution in [3.63, 3.8) is 0 Å². The number of hydrogen-bond donors (Lipinski definition) is 6. The SMILES string of the molecule is O=C(O)C#CCc1ccc(-c2c3nc(c(-c4ccc(CC#CC(=O)O)cc4)c4ccc([nH]4)c(-c4ccc(CC#CC(=O)O)cc4)c4nc(c(-c5ccc(CC#CC(=O)O)cc5)c5ccc2[nH]5)C=C4)C=C3)cc1. The van der Waals surface area contributed by atoms with Crippen LogP contribution in [0.15, 0.2) is 121 Å². The van der Waals surface area contributed by atoms with Crippen LogP contribution < -0.4 is 0 Å². The third-order valence-corrected chi connectivity index (χ3v) is 11.7. The third kappa shape index (κ3) is 10.8. The van der Waals surface area contributed by atoms with Gasteiger partial charge in [-0.05, 0) is 93.1 Å². The van der Waals surface area contributed by atoms with Gasteiger partial charge in [-0.3, -0.25) is 0 Å². The topological polar surface area (TPSA) is 207 Å². The van der Waals surface area contributed by atoms with Crippen LogP contribution in [0.25, 0.3) is 90.9 Å². The maximum absolute atomic E-state index is 11.1. The minimum atomic E-state index is -1.20. The highest BCUT2D eigenvalue weighted by Crippen LogP contribution is 2.39. The lowest BCUT2D eigenvalue weighted by Gasteiger charge is -2.08. The second-order valence-corrected chi connectivity index (χ2v) is 16.4. The van der Waals surface area contributed by atoms with Crippen LogP contribution in [0.4, 0.5) is 0 Å². The first kappa shape index (κ1) is 46.7. The Morgan fingerprint density at radius 3 is 0.736 bits per heavy atom. The molecule has 5 heterocycles. The molecule has 72 heavy (non-hydrogen) atoms. The smallest absolute Gasteiger partial charge is 0.381 e. The number of benzene rings is 4. The van der Waals surface area contributed by atoms with Gasteiger partial charge in [-0.2, -0.15) is 0 Å². The van der Waals surface area contributed by atoms with Crippen LogP contribution in [-0.2, 0) is 44.9 Å². The van der Waals surface area contributed by atoms with E-state index in [0.29, 0.717) is 22.8 Å². The van der Waals surface area contributed by atoms with Crippen LogP contribution in [0.2, 0.25) is 0 Å². The number of hydrogen-bond acceptors (Lipinski definition) is 6. The molecule has 0 aliphatic carbocycles. The molecular weight excluding hydrogens is 905 g/mol. The maximum atomic E-state index is 11.1. The van der Waals surface area contributed by atoms with E-state index in [0.717, 1.165) is 88.8 Å². The highest BCUT2D eigenvalue weighted by molar-refractivity contribution is 6.00. The van der Waals surface area contributed by atoms with Crippen LogP contribution in [-0.4, -0.2) is 64.2 Å². The minimum absolute atomic E-state index is 0.251. The molecule has 0 fully saturated rings. The molecule has 6 N–H and O–H groups in total. The molecule has 0 unspecified atom stereocenters. The molecular formula is C60H38N4O8. The summed E-state index contributed by atoms with van der Waals surface area (Å²) in [5, 5.41) is 36.3. The van der Waals surface area contributed by atoms with E-state index in [1.807, 2.05) is 146 Å². The van der Waals surface area contributed by atoms with Crippen LogP contribution in [0.3, 0.4) is 0 Å². The van der Waals surface area contributed by atoms with Crippen molar-refractivity contribution in [3.05, 3.63) is 166 Å².